The van der Waals surface area contributed by atoms with Crippen molar-refractivity contribution >= 4 is 46.5 Å². The summed E-state index contributed by atoms with van der Waals surface area (Å²) in [6.45, 7) is 8.05. The van der Waals surface area contributed by atoms with Crippen LogP contribution in [-0.4, -0.2) is 68.5 Å². The van der Waals surface area contributed by atoms with Crippen LogP contribution in [0.15, 0.2) is 23.3 Å². The van der Waals surface area contributed by atoms with E-state index in [0.29, 0.717) is 49.9 Å². The second-order valence-electron chi connectivity index (χ2n) is 19.8. The van der Waals surface area contributed by atoms with Crippen LogP contribution in [-0.2, 0) is 33.5 Å². The zero-order chi connectivity index (χ0) is 39.3. The summed E-state index contributed by atoms with van der Waals surface area (Å²) in [5, 5.41) is 20.9. The summed E-state index contributed by atoms with van der Waals surface area (Å²) >= 11 is 1.50. The minimum Gasteiger partial charge on any atom is -0.458 e. The van der Waals surface area contributed by atoms with Gasteiger partial charge in [-0.2, -0.15) is 0 Å². The highest BCUT2D eigenvalue weighted by molar-refractivity contribution is 8.14. The molecule has 1 saturated heterocycles. The summed E-state index contributed by atoms with van der Waals surface area (Å²) in [4.78, 5) is 72.8. The Balaban J connectivity index is 0.000000156. The molecule has 9 nitrogen and oxygen atoms in total. The topological polar surface area (TPSA) is 152 Å². The third kappa shape index (κ3) is 5.82. The Morgan fingerprint density at radius 3 is 2.18 bits per heavy atom. The molecule has 2 N–H and O–H groups in total. The molecule has 1 spiro atoms. The minimum absolute atomic E-state index is 0.0119. The molecular formula is C45H60O9S. The normalized spacial score (nSPS) is 48.0. The number of esters is 1. The van der Waals surface area contributed by atoms with E-state index in [0.717, 1.165) is 82.5 Å². The molecular weight excluding hydrogens is 717 g/mol. The number of hydrogen-bond donors (Lipinski definition) is 2. The lowest BCUT2D eigenvalue weighted by Gasteiger charge is -2.61. The van der Waals surface area contributed by atoms with E-state index in [2.05, 4.69) is 20.8 Å². The number of hydrogen-bond acceptors (Lipinski definition) is 10. The third-order valence-corrected chi connectivity index (χ3v) is 19.0. The molecule has 7 fully saturated rings. The molecule has 9 aliphatic rings. The lowest BCUT2D eigenvalue weighted by atomic mass is 9.45. The van der Waals surface area contributed by atoms with E-state index < -0.39 is 24.0 Å². The number of aldehydes is 1. The SMILES string of the molecule is CC(=O)S[C@@H]1CC2=CC(=O)CC[C@]2(C)[C@H]2CC[C@@]3(C)[C@@H](CC[C@@]34CCC(=O)O4)[C@H]12.C[C@]12CCC(=O)C=C1CC[C@@H]1[C@@H]2[C@@H](O)C[C@]2(C=O)[C@@H](C(=O)CO)CC[C@@H]12. The molecule has 0 aromatic heterocycles. The van der Waals surface area contributed by atoms with Crippen molar-refractivity contribution in [3.63, 3.8) is 0 Å². The summed E-state index contributed by atoms with van der Waals surface area (Å²) in [6.07, 6.45) is 16.8. The Bertz CT molecular complexity index is 1750. The van der Waals surface area contributed by atoms with Crippen molar-refractivity contribution in [2.45, 2.75) is 147 Å². The first kappa shape index (κ1) is 39.4. The van der Waals surface area contributed by atoms with Crippen molar-refractivity contribution in [2.24, 2.45) is 63.1 Å². The smallest absolute Gasteiger partial charge is 0.306 e. The van der Waals surface area contributed by atoms with Crippen LogP contribution in [0.3, 0.4) is 0 Å². The van der Waals surface area contributed by atoms with Gasteiger partial charge in [-0.15, -0.1) is 0 Å². The number of ether oxygens (including phenoxy) is 1. The molecule has 9 rings (SSSR count). The van der Waals surface area contributed by atoms with E-state index in [1.54, 1.807) is 13.0 Å². The molecule has 300 valence electrons. The second kappa shape index (κ2) is 13.9. The van der Waals surface area contributed by atoms with Crippen molar-refractivity contribution in [2.75, 3.05) is 6.61 Å². The maximum atomic E-state index is 12.3. The summed E-state index contributed by atoms with van der Waals surface area (Å²) < 4.78 is 6.06. The first-order valence-electron chi connectivity index (χ1n) is 21.2. The average Bonchev–Trinajstić information content (AvgIpc) is 3.81. The molecule has 6 saturated carbocycles. The number of Topliss-reactive ketones (excluding diaryl/α,β-unsaturated/α-hetero) is 1. The van der Waals surface area contributed by atoms with Gasteiger partial charge in [-0.3, -0.25) is 24.0 Å². The highest BCUT2D eigenvalue weighted by atomic mass is 32.2. The van der Waals surface area contributed by atoms with E-state index in [1.807, 2.05) is 6.08 Å². The standard InChI is InChI=1S/C24H32O4S.C21H28O5/c1-14(25)29-19-13-15-12-16(26)4-8-22(15,2)17-5-9-23(3)18(21(17)19)6-10-24(23)11-7-20(27)28-24;1-20-7-6-13(24)8-12(20)2-3-14-15-4-5-16(18(26)10-22)21(15,11-23)9-17(25)19(14)20/h12,17-19,21H,4-11,13H2,1-3H3;8,11,14-17,19,22,25H,2-7,9-10H2,1H3/t17-,18-,19+,21+,22-,23-,24+;14-,15-,16+,17-,19+,20-,21+/m00/s1. The first-order chi connectivity index (χ1) is 26.1. The van der Waals surface area contributed by atoms with Gasteiger partial charge in [0.2, 0.25) is 0 Å². The average molecular weight is 777 g/mol. The molecule has 10 heteroatoms. The molecule has 0 bridgehead atoms. The van der Waals surface area contributed by atoms with Gasteiger partial charge in [0.25, 0.3) is 0 Å². The predicted octanol–water partition coefficient (Wildman–Crippen LogP) is 6.70. The van der Waals surface area contributed by atoms with Gasteiger partial charge in [0.15, 0.2) is 22.5 Å². The maximum absolute atomic E-state index is 12.3. The Hall–Kier alpha value is -2.43. The number of carbonyl (C=O) groups is 6. The predicted molar refractivity (Wildman–Crippen MR) is 206 cm³/mol. The minimum atomic E-state index is -0.831. The number of thioether (sulfide) groups is 1. The van der Waals surface area contributed by atoms with Gasteiger partial charge in [0.1, 0.15) is 18.5 Å². The van der Waals surface area contributed by atoms with Crippen LogP contribution < -0.4 is 0 Å². The Morgan fingerprint density at radius 2 is 1.53 bits per heavy atom. The summed E-state index contributed by atoms with van der Waals surface area (Å²) in [7, 11) is 0. The molecule has 14 atom stereocenters. The van der Waals surface area contributed by atoms with Crippen LogP contribution in [0.1, 0.15) is 130 Å². The van der Waals surface area contributed by atoms with Gasteiger partial charge < -0.3 is 19.7 Å². The van der Waals surface area contributed by atoms with Crippen molar-refractivity contribution < 1.29 is 43.7 Å². The van der Waals surface area contributed by atoms with E-state index in [-0.39, 0.29) is 73.3 Å². The van der Waals surface area contributed by atoms with Crippen molar-refractivity contribution in [3.05, 3.63) is 23.3 Å². The number of carbonyl (C=O) groups excluding carboxylic acids is 6. The zero-order valence-corrected chi connectivity index (χ0v) is 33.9. The fourth-order valence-electron chi connectivity index (χ4n) is 15.3. The third-order valence-electron chi connectivity index (χ3n) is 17.9. The van der Waals surface area contributed by atoms with E-state index in [4.69, 9.17) is 4.74 Å². The van der Waals surface area contributed by atoms with Crippen LogP contribution in [0.2, 0.25) is 0 Å². The molecule has 0 aromatic rings. The molecule has 1 aliphatic heterocycles. The van der Waals surface area contributed by atoms with Crippen LogP contribution in [0.4, 0.5) is 0 Å². The van der Waals surface area contributed by atoms with Gasteiger partial charge in [-0.25, -0.2) is 0 Å². The molecule has 0 amide bonds. The lowest BCUT2D eigenvalue weighted by Crippen LogP contribution is -2.58. The molecule has 0 radical (unpaired) electrons. The number of rotatable bonds is 4. The van der Waals surface area contributed by atoms with E-state index in [1.165, 1.54) is 17.3 Å². The van der Waals surface area contributed by atoms with Crippen molar-refractivity contribution in [1.29, 1.82) is 0 Å². The molecule has 8 aliphatic carbocycles. The highest BCUT2D eigenvalue weighted by Gasteiger charge is 2.69. The largest absolute Gasteiger partial charge is 0.458 e. The van der Waals surface area contributed by atoms with E-state index >= 15 is 0 Å². The van der Waals surface area contributed by atoms with Crippen molar-refractivity contribution in [1.82, 2.24) is 0 Å². The number of aliphatic hydroxyl groups is 2. The molecule has 0 aromatic carbocycles. The number of aliphatic hydroxyl groups excluding tert-OH is 2. The van der Waals surface area contributed by atoms with Gasteiger partial charge in [-0.05, 0) is 142 Å². The van der Waals surface area contributed by atoms with Gasteiger partial charge in [0.05, 0.1) is 6.10 Å². The quantitative estimate of drug-likeness (QED) is 0.233. The summed E-state index contributed by atoms with van der Waals surface area (Å²) in [5.74, 6) is 1.43. The van der Waals surface area contributed by atoms with Gasteiger partial charge in [-0.1, -0.05) is 43.7 Å². The molecule has 55 heavy (non-hydrogen) atoms. The number of ketones is 3. The number of fused-ring (bicyclic) bond motifs is 11. The molecule has 0 unspecified atom stereocenters. The lowest BCUT2D eigenvalue weighted by molar-refractivity contribution is -0.167. The number of allylic oxidation sites excluding steroid dienone is 2. The first-order valence-corrected chi connectivity index (χ1v) is 22.1. The Labute approximate surface area is 329 Å². The Kier molecular flexibility index (Phi) is 9.92. The van der Waals surface area contributed by atoms with Gasteiger partial charge >= 0.3 is 5.97 Å². The monoisotopic (exact) mass is 776 g/mol. The molecule has 1 heterocycles. The summed E-state index contributed by atoms with van der Waals surface area (Å²) in [6, 6.07) is 0. The summed E-state index contributed by atoms with van der Waals surface area (Å²) in [5.41, 5.74) is 1.23. The van der Waals surface area contributed by atoms with E-state index in [9.17, 15) is 39.0 Å². The Morgan fingerprint density at radius 1 is 0.836 bits per heavy atom. The van der Waals surface area contributed by atoms with Crippen molar-refractivity contribution in [3.8, 4) is 0 Å². The maximum Gasteiger partial charge on any atom is 0.306 e. The van der Waals surface area contributed by atoms with Gasteiger partial charge in [0, 0.05) is 48.2 Å². The highest BCUT2D eigenvalue weighted by Crippen LogP contribution is 2.71. The zero-order valence-electron chi connectivity index (χ0n) is 33.1. The fraction of sp³-hybridized carbons (Fsp3) is 0.778. The van der Waals surface area contributed by atoms with Crippen LogP contribution in [0.5, 0.6) is 0 Å². The fourth-order valence-corrected chi connectivity index (χ4v) is 16.5. The van der Waals surface area contributed by atoms with Crippen LogP contribution in [0, 0.1) is 63.1 Å². The van der Waals surface area contributed by atoms with Crippen LogP contribution in [0.25, 0.3) is 0 Å². The van der Waals surface area contributed by atoms with Crippen LogP contribution >= 0.6 is 11.8 Å². The second-order valence-corrected chi connectivity index (χ2v) is 21.2.